The summed E-state index contributed by atoms with van der Waals surface area (Å²) in [5, 5.41) is 0. The van der Waals surface area contributed by atoms with Crippen LogP contribution in [0.2, 0.25) is 0 Å². The van der Waals surface area contributed by atoms with E-state index in [1.54, 1.807) is 5.57 Å². The van der Waals surface area contributed by atoms with Crippen molar-refractivity contribution in [1.82, 2.24) is 0 Å². The van der Waals surface area contributed by atoms with Crippen molar-refractivity contribution < 1.29 is 0 Å². The van der Waals surface area contributed by atoms with E-state index >= 15 is 0 Å². The summed E-state index contributed by atoms with van der Waals surface area (Å²) in [6.07, 6.45) is 11.3. The third kappa shape index (κ3) is 1.50. The van der Waals surface area contributed by atoms with Crippen LogP contribution >= 0.6 is 0 Å². The van der Waals surface area contributed by atoms with Gasteiger partial charge < -0.3 is 0 Å². The fraction of sp³-hybridized carbons (Fsp3) is 0.818. The van der Waals surface area contributed by atoms with E-state index in [4.69, 9.17) is 0 Å². The minimum atomic E-state index is 0.964. The first-order chi connectivity index (χ1) is 5.36. The largest absolute Gasteiger partial charge is 0.0853 e. The first-order valence-electron chi connectivity index (χ1n) is 5.03. The molecule has 0 aromatic carbocycles. The van der Waals surface area contributed by atoms with E-state index in [1.807, 2.05) is 0 Å². The summed E-state index contributed by atoms with van der Waals surface area (Å²) in [6.45, 7) is 2.33. The summed E-state index contributed by atoms with van der Waals surface area (Å²) in [5.74, 6) is 2.04. The van der Waals surface area contributed by atoms with E-state index in [2.05, 4.69) is 13.0 Å². The zero-order valence-electron chi connectivity index (χ0n) is 7.47. The van der Waals surface area contributed by atoms with Gasteiger partial charge in [0.05, 0.1) is 0 Å². The molecule has 62 valence electrons. The lowest BCUT2D eigenvalue weighted by Gasteiger charge is -2.31. The molecule has 3 aliphatic carbocycles. The molecule has 0 aliphatic heterocycles. The summed E-state index contributed by atoms with van der Waals surface area (Å²) >= 11 is 0. The maximum absolute atomic E-state index is 2.48. The van der Waals surface area contributed by atoms with Crippen LogP contribution in [-0.2, 0) is 0 Å². The molecule has 0 heteroatoms. The van der Waals surface area contributed by atoms with Gasteiger partial charge in [-0.3, -0.25) is 0 Å². The highest BCUT2D eigenvalue weighted by molar-refractivity contribution is 5.06. The second-order valence-electron chi connectivity index (χ2n) is 4.24. The van der Waals surface area contributed by atoms with Crippen molar-refractivity contribution in [2.45, 2.75) is 45.4 Å². The summed E-state index contributed by atoms with van der Waals surface area (Å²) in [4.78, 5) is 0. The van der Waals surface area contributed by atoms with Gasteiger partial charge in [0.2, 0.25) is 0 Å². The highest BCUT2D eigenvalue weighted by Crippen LogP contribution is 2.37. The molecular formula is C11H18. The summed E-state index contributed by atoms with van der Waals surface area (Å²) in [5.41, 5.74) is 1.68. The van der Waals surface area contributed by atoms with E-state index in [0.717, 1.165) is 11.8 Å². The monoisotopic (exact) mass is 150 g/mol. The smallest absolute Gasteiger partial charge is 0.0206 e. The Balaban J connectivity index is 2.13. The molecule has 1 saturated carbocycles. The van der Waals surface area contributed by atoms with E-state index in [1.165, 1.54) is 38.5 Å². The lowest BCUT2D eigenvalue weighted by atomic mass is 9.75. The van der Waals surface area contributed by atoms with Crippen LogP contribution in [0.25, 0.3) is 0 Å². The van der Waals surface area contributed by atoms with Crippen LogP contribution in [-0.4, -0.2) is 0 Å². The predicted molar refractivity (Wildman–Crippen MR) is 48.4 cm³/mol. The molecular weight excluding hydrogens is 132 g/mol. The Kier molecular flexibility index (Phi) is 2.02. The molecule has 0 nitrogen and oxygen atoms in total. The lowest BCUT2D eigenvalue weighted by Crippen LogP contribution is -2.17. The van der Waals surface area contributed by atoms with Crippen molar-refractivity contribution in [3.05, 3.63) is 11.6 Å². The van der Waals surface area contributed by atoms with Gasteiger partial charge >= 0.3 is 0 Å². The molecule has 11 heavy (non-hydrogen) atoms. The average Bonchev–Trinajstić information content (AvgIpc) is 2.01. The van der Waals surface area contributed by atoms with Crippen LogP contribution in [0.15, 0.2) is 11.6 Å². The average molecular weight is 150 g/mol. The molecule has 0 atom stereocenters. The van der Waals surface area contributed by atoms with Gasteiger partial charge in [0.1, 0.15) is 0 Å². The SMILES string of the molecule is C/C1=C/CCC2CCC1CC2. The highest BCUT2D eigenvalue weighted by Gasteiger charge is 2.23. The van der Waals surface area contributed by atoms with Crippen molar-refractivity contribution in [1.29, 1.82) is 0 Å². The second-order valence-corrected chi connectivity index (χ2v) is 4.24. The van der Waals surface area contributed by atoms with Crippen LogP contribution in [0.1, 0.15) is 45.4 Å². The normalized spacial score (nSPS) is 42.5. The Labute approximate surface area is 69.7 Å². The number of fused-ring (bicyclic) bond motifs is 4. The van der Waals surface area contributed by atoms with Crippen LogP contribution < -0.4 is 0 Å². The minimum absolute atomic E-state index is 0.964. The number of hydrogen-bond donors (Lipinski definition) is 0. The van der Waals surface area contributed by atoms with Gasteiger partial charge in [0.25, 0.3) is 0 Å². The van der Waals surface area contributed by atoms with Gasteiger partial charge in [-0.25, -0.2) is 0 Å². The van der Waals surface area contributed by atoms with E-state index in [-0.39, 0.29) is 0 Å². The topological polar surface area (TPSA) is 0 Å². The van der Waals surface area contributed by atoms with Gasteiger partial charge in [0.15, 0.2) is 0 Å². The number of rotatable bonds is 0. The molecule has 0 unspecified atom stereocenters. The first kappa shape index (κ1) is 7.39. The van der Waals surface area contributed by atoms with Crippen molar-refractivity contribution in [3.8, 4) is 0 Å². The van der Waals surface area contributed by atoms with Crippen molar-refractivity contribution >= 4 is 0 Å². The Morgan fingerprint density at radius 3 is 2.55 bits per heavy atom. The molecule has 3 aliphatic rings. The second kappa shape index (κ2) is 3.00. The molecule has 1 fully saturated rings. The fourth-order valence-corrected chi connectivity index (χ4v) is 2.62. The van der Waals surface area contributed by atoms with Crippen molar-refractivity contribution in [3.63, 3.8) is 0 Å². The Hall–Kier alpha value is -0.260. The predicted octanol–water partition coefficient (Wildman–Crippen LogP) is 3.53. The molecule has 2 bridgehead atoms. The van der Waals surface area contributed by atoms with E-state index < -0.39 is 0 Å². The quantitative estimate of drug-likeness (QED) is 0.463. The Morgan fingerprint density at radius 1 is 1.09 bits per heavy atom. The summed E-state index contributed by atoms with van der Waals surface area (Å²) < 4.78 is 0. The van der Waals surface area contributed by atoms with Gasteiger partial charge in [-0.15, -0.1) is 0 Å². The van der Waals surface area contributed by atoms with Crippen LogP contribution in [0.4, 0.5) is 0 Å². The molecule has 0 aromatic heterocycles. The number of allylic oxidation sites excluding steroid dienone is 2. The third-order valence-electron chi connectivity index (χ3n) is 3.53. The van der Waals surface area contributed by atoms with Crippen LogP contribution in [0.3, 0.4) is 0 Å². The molecule has 3 rings (SSSR count). The van der Waals surface area contributed by atoms with E-state index in [9.17, 15) is 0 Å². The Morgan fingerprint density at radius 2 is 1.82 bits per heavy atom. The van der Waals surface area contributed by atoms with Crippen molar-refractivity contribution in [2.75, 3.05) is 0 Å². The third-order valence-corrected chi connectivity index (χ3v) is 3.53. The summed E-state index contributed by atoms with van der Waals surface area (Å²) in [6, 6.07) is 0. The molecule has 0 amide bonds. The van der Waals surface area contributed by atoms with Gasteiger partial charge in [-0.1, -0.05) is 11.6 Å². The first-order valence-corrected chi connectivity index (χ1v) is 5.03. The van der Waals surface area contributed by atoms with E-state index in [0.29, 0.717) is 0 Å². The zero-order chi connectivity index (χ0) is 7.68. The molecule has 0 radical (unpaired) electrons. The maximum Gasteiger partial charge on any atom is -0.0206 e. The zero-order valence-corrected chi connectivity index (χ0v) is 7.47. The maximum atomic E-state index is 2.48. The molecule has 0 aromatic rings. The molecule has 0 heterocycles. The molecule has 0 N–H and O–H groups in total. The van der Waals surface area contributed by atoms with Crippen LogP contribution in [0.5, 0.6) is 0 Å². The van der Waals surface area contributed by atoms with Gasteiger partial charge in [-0.05, 0) is 57.3 Å². The summed E-state index contributed by atoms with van der Waals surface area (Å²) in [7, 11) is 0. The highest BCUT2D eigenvalue weighted by atomic mass is 14.3. The van der Waals surface area contributed by atoms with Gasteiger partial charge in [0, 0.05) is 0 Å². The minimum Gasteiger partial charge on any atom is -0.0853 e. The van der Waals surface area contributed by atoms with Gasteiger partial charge in [-0.2, -0.15) is 0 Å². The molecule has 0 spiro atoms. The molecule has 0 saturated heterocycles. The fourth-order valence-electron chi connectivity index (χ4n) is 2.62. The van der Waals surface area contributed by atoms with Crippen LogP contribution in [0, 0.1) is 11.8 Å². The lowest BCUT2D eigenvalue weighted by molar-refractivity contribution is 0.279. The Bertz CT molecular complexity index is 159. The van der Waals surface area contributed by atoms with Crippen molar-refractivity contribution in [2.24, 2.45) is 11.8 Å². The standard InChI is InChI=1S/C11H18/c1-9-3-2-4-10-5-7-11(9)8-6-10/h3,10-11H,2,4-8H2,1H3/b9-3-. The number of hydrogen-bond acceptors (Lipinski definition) is 0.